The Morgan fingerprint density at radius 1 is 1.57 bits per heavy atom. The summed E-state index contributed by atoms with van der Waals surface area (Å²) in [4.78, 5) is 2.16. The van der Waals surface area contributed by atoms with E-state index >= 15 is 0 Å². The van der Waals surface area contributed by atoms with E-state index in [9.17, 15) is 0 Å². The van der Waals surface area contributed by atoms with E-state index < -0.39 is 0 Å². The number of aryl methyl sites for hydroxylation is 1. The molecule has 0 saturated carbocycles. The molecule has 1 aromatic heterocycles. The van der Waals surface area contributed by atoms with Crippen molar-refractivity contribution in [2.45, 2.75) is 20.8 Å². The Kier molecular flexibility index (Phi) is 3.17. The Hall–Kier alpha value is -1.01. The van der Waals surface area contributed by atoms with Crippen molar-refractivity contribution in [1.82, 2.24) is 0 Å². The minimum Gasteiger partial charge on any atom is -0.365 e. The fourth-order valence-electron chi connectivity index (χ4n) is 1.46. The summed E-state index contributed by atoms with van der Waals surface area (Å²) in [6.45, 7) is 6.80. The second-order valence-electron chi connectivity index (χ2n) is 4.26. The fraction of sp³-hybridized carbons (Fsp3) is 0.545. The number of nitrogens with zero attached hydrogens (tertiary/aromatic N) is 2. The van der Waals surface area contributed by atoms with Crippen LogP contribution in [0.15, 0.2) is 11.4 Å². The molecule has 3 heteroatoms. The number of nitriles is 1. The van der Waals surface area contributed by atoms with Crippen LogP contribution in [0, 0.1) is 23.7 Å². The maximum Gasteiger partial charge on any atom is 0.0936 e. The fourth-order valence-corrected chi connectivity index (χ4v) is 2.36. The van der Waals surface area contributed by atoms with Gasteiger partial charge in [-0.2, -0.15) is 5.26 Å². The molecule has 0 aliphatic heterocycles. The van der Waals surface area contributed by atoms with E-state index in [0.717, 1.165) is 6.54 Å². The maximum absolute atomic E-state index is 8.94. The lowest BCUT2D eigenvalue weighted by Gasteiger charge is -2.25. The highest BCUT2D eigenvalue weighted by Gasteiger charge is 2.20. The van der Waals surface area contributed by atoms with Crippen LogP contribution >= 0.6 is 11.3 Å². The molecule has 0 fully saturated rings. The third kappa shape index (κ3) is 2.49. The summed E-state index contributed by atoms with van der Waals surface area (Å²) in [5.41, 5.74) is 0.997. The van der Waals surface area contributed by atoms with Crippen LogP contribution in [0.2, 0.25) is 0 Å². The van der Waals surface area contributed by atoms with E-state index in [4.69, 9.17) is 5.26 Å². The van der Waals surface area contributed by atoms with Gasteiger partial charge in [-0.3, -0.25) is 0 Å². The van der Waals surface area contributed by atoms with Crippen molar-refractivity contribution in [3.8, 4) is 6.07 Å². The topological polar surface area (TPSA) is 27.0 Å². The van der Waals surface area contributed by atoms with Crippen LogP contribution in [0.1, 0.15) is 19.4 Å². The van der Waals surface area contributed by atoms with Gasteiger partial charge in [-0.05, 0) is 37.8 Å². The molecule has 1 aromatic rings. The third-order valence-corrected chi connectivity index (χ3v) is 3.25. The molecule has 0 unspecified atom stereocenters. The number of thiophene rings is 1. The summed E-state index contributed by atoms with van der Waals surface area (Å²) in [7, 11) is 2.04. The molecular formula is C11H16N2S. The van der Waals surface area contributed by atoms with Crippen LogP contribution in [-0.4, -0.2) is 13.6 Å². The molecule has 76 valence electrons. The Morgan fingerprint density at radius 2 is 2.21 bits per heavy atom. The van der Waals surface area contributed by atoms with Gasteiger partial charge in [0.1, 0.15) is 0 Å². The molecule has 0 atom stereocenters. The summed E-state index contributed by atoms with van der Waals surface area (Å²) in [6.07, 6.45) is 0. The van der Waals surface area contributed by atoms with Gasteiger partial charge >= 0.3 is 0 Å². The maximum atomic E-state index is 8.94. The normalized spacial score (nSPS) is 11.1. The van der Waals surface area contributed by atoms with Gasteiger partial charge in [0.05, 0.1) is 16.5 Å². The average Bonchev–Trinajstić information content (AvgIpc) is 2.51. The zero-order valence-electron chi connectivity index (χ0n) is 9.16. The smallest absolute Gasteiger partial charge is 0.0936 e. The Labute approximate surface area is 89.8 Å². The SMILES string of the molecule is Cc1ccsc1N(C)CC(C)(C)C#N. The van der Waals surface area contributed by atoms with Crippen molar-refractivity contribution in [1.29, 1.82) is 5.26 Å². The van der Waals surface area contributed by atoms with Crippen molar-refractivity contribution in [3.05, 3.63) is 17.0 Å². The van der Waals surface area contributed by atoms with Gasteiger partial charge in [-0.15, -0.1) is 11.3 Å². The molecule has 0 spiro atoms. The molecule has 1 heterocycles. The minimum absolute atomic E-state index is 0.287. The van der Waals surface area contributed by atoms with Crippen LogP contribution < -0.4 is 4.90 Å². The predicted molar refractivity (Wildman–Crippen MR) is 61.7 cm³/mol. The Bertz CT molecular complexity index is 346. The van der Waals surface area contributed by atoms with Crippen LogP contribution in [0.4, 0.5) is 5.00 Å². The summed E-state index contributed by atoms with van der Waals surface area (Å²) in [6, 6.07) is 4.42. The van der Waals surface area contributed by atoms with Gasteiger partial charge in [0.25, 0.3) is 0 Å². The summed E-state index contributed by atoms with van der Waals surface area (Å²) in [5.74, 6) is 0. The highest BCUT2D eigenvalue weighted by atomic mass is 32.1. The highest BCUT2D eigenvalue weighted by molar-refractivity contribution is 7.14. The van der Waals surface area contributed by atoms with Gasteiger partial charge < -0.3 is 4.90 Å². The Morgan fingerprint density at radius 3 is 2.64 bits per heavy atom. The van der Waals surface area contributed by atoms with Gasteiger partial charge in [-0.25, -0.2) is 0 Å². The first kappa shape index (κ1) is 11.1. The van der Waals surface area contributed by atoms with Crippen LogP contribution in [-0.2, 0) is 0 Å². The molecule has 0 bridgehead atoms. The van der Waals surface area contributed by atoms with Crippen molar-refractivity contribution in [2.24, 2.45) is 5.41 Å². The van der Waals surface area contributed by atoms with Crippen LogP contribution in [0.25, 0.3) is 0 Å². The van der Waals surface area contributed by atoms with Gasteiger partial charge in [0, 0.05) is 13.6 Å². The first-order chi connectivity index (χ1) is 6.46. The number of hydrogen-bond donors (Lipinski definition) is 0. The van der Waals surface area contributed by atoms with Crippen LogP contribution in [0.5, 0.6) is 0 Å². The molecule has 2 nitrogen and oxygen atoms in total. The third-order valence-electron chi connectivity index (χ3n) is 2.12. The number of hydrogen-bond acceptors (Lipinski definition) is 3. The molecule has 0 N–H and O–H groups in total. The van der Waals surface area contributed by atoms with Crippen molar-refractivity contribution in [2.75, 3.05) is 18.5 Å². The summed E-state index contributed by atoms with van der Waals surface area (Å²) >= 11 is 1.73. The van der Waals surface area contributed by atoms with E-state index in [-0.39, 0.29) is 5.41 Å². The highest BCUT2D eigenvalue weighted by Crippen LogP contribution is 2.28. The monoisotopic (exact) mass is 208 g/mol. The molecule has 0 radical (unpaired) electrons. The lowest BCUT2D eigenvalue weighted by Crippen LogP contribution is -2.29. The van der Waals surface area contributed by atoms with Crippen molar-refractivity contribution < 1.29 is 0 Å². The molecule has 0 aliphatic carbocycles. The second kappa shape index (κ2) is 4.02. The summed E-state index contributed by atoms with van der Waals surface area (Å²) in [5, 5.41) is 12.3. The van der Waals surface area contributed by atoms with E-state index in [1.807, 2.05) is 20.9 Å². The van der Waals surface area contributed by atoms with Gasteiger partial charge in [-0.1, -0.05) is 0 Å². The van der Waals surface area contributed by atoms with E-state index in [2.05, 4.69) is 29.3 Å². The molecule has 14 heavy (non-hydrogen) atoms. The van der Waals surface area contributed by atoms with E-state index in [1.165, 1.54) is 10.6 Å². The zero-order chi connectivity index (χ0) is 10.8. The molecule has 1 rings (SSSR count). The molecule has 0 aliphatic rings. The van der Waals surface area contributed by atoms with Gasteiger partial charge in [0.2, 0.25) is 0 Å². The van der Waals surface area contributed by atoms with Crippen LogP contribution in [0.3, 0.4) is 0 Å². The van der Waals surface area contributed by atoms with Gasteiger partial charge in [0.15, 0.2) is 0 Å². The Balaban J connectivity index is 2.74. The first-order valence-corrected chi connectivity index (χ1v) is 5.51. The molecule has 0 aromatic carbocycles. The lowest BCUT2D eigenvalue weighted by molar-refractivity contribution is 0.498. The molecular weight excluding hydrogens is 192 g/mol. The largest absolute Gasteiger partial charge is 0.365 e. The zero-order valence-corrected chi connectivity index (χ0v) is 9.98. The number of rotatable bonds is 3. The second-order valence-corrected chi connectivity index (χ2v) is 5.16. The lowest BCUT2D eigenvalue weighted by atomic mass is 9.95. The first-order valence-electron chi connectivity index (χ1n) is 4.63. The summed E-state index contributed by atoms with van der Waals surface area (Å²) < 4.78 is 0. The van der Waals surface area contributed by atoms with Crippen molar-refractivity contribution in [3.63, 3.8) is 0 Å². The number of anilines is 1. The standard InChI is InChI=1S/C11H16N2S/c1-9-5-6-14-10(9)13(4)8-11(2,3)7-12/h5-6H,8H2,1-4H3. The van der Waals surface area contributed by atoms with E-state index in [0.29, 0.717) is 0 Å². The van der Waals surface area contributed by atoms with Crippen molar-refractivity contribution >= 4 is 16.3 Å². The molecule has 0 saturated heterocycles. The quantitative estimate of drug-likeness (QED) is 0.763. The minimum atomic E-state index is -0.287. The van der Waals surface area contributed by atoms with E-state index in [1.54, 1.807) is 11.3 Å². The average molecular weight is 208 g/mol. The predicted octanol–water partition coefficient (Wildman–Crippen LogP) is 3.04. The molecule has 0 amide bonds.